The molecule has 0 saturated carbocycles. The summed E-state index contributed by atoms with van der Waals surface area (Å²) >= 11 is 0. The van der Waals surface area contributed by atoms with Gasteiger partial charge in [-0.3, -0.25) is 4.79 Å². The van der Waals surface area contributed by atoms with Gasteiger partial charge in [0.15, 0.2) is 0 Å². The number of carbonyl (C=O) groups excluding carboxylic acids is 1. The van der Waals surface area contributed by atoms with Gasteiger partial charge in [0.25, 0.3) is 0 Å². The van der Waals surface area contributed by atoms with Crippen molar-refractivity contribution in [1.29, 1.82) is 0 Å². The number of hydrogen-bond donors (Lipinski definition) is 1. The van der Waals surface area contributed by atoms with Crippen molar-refractivity contribution in [2.75, 3.05) is 0 Å². The topological polar surface area (TPSA) is 47.6 Å². The van der Waals surface area contributed by atoms with Crippen LogP contribution in [0.3, 0.4) is 0 Å². The van der Waals surface area contributed by atoms with E-state index in [1.54, 1.807) is 12.1 Å². The molecule has 1 atom stereocenters. The summed E-state index contributed by atoms with van der Waals surface area (Å²) in [5.74, 6) is -0.518. The highest BCUT2D eigenvalue weighted by Gasteiger charge is 2.51. The molecule has 1 amide bonds. The average molecular weight is 369 g/mol. The maximum atomic E-state index is 13.6. The normalized spacial score (nSPS) is 19.0. The Morgan fingerprint density at radius 3 is 2.11 bits per heavy atom. The lowest BCUT2D eigenvalue weighted by Gasteiger charge is -2.32. The molecule has 142 valence electrons. The van der Waals surface area contributed by atoms with Crippen molar-refractivity contribution >= 4 is 18.5 Å². The zero-order chi connectivity index (χ0) is 19.8. The van der Waals surface area contributed by atoms with Crippen molar-refractivity contribution in [3.8, 4) is 0 Å². The van der Waals surface area contributed by atoms with Gasteiger partial charge >= 0.3 is 7.12 Å². The van der Waals surface area contributed by atoms with Gasteiger partial charge in [-0.05, 0) is 56.4 Å². The summed E-state index contributed by atoms with van der Waals surface area (Å²) in [6.07, 6.45) is 0. The summed E-state index contributed by atoms with van der Waals surface area (Å²) in [5.41, 5.74) is 1.63. The first kappa shape index (κ1) is 19.6. The molecule has 4 nitrogen and oxygen atoms in total. The summed E-state index contributed by atoms with van der Waals surface area (Å²) in [6.45, 7) is 9.50. The van der Waals surface area contributed by atoms with E-state index in [1.807, 2.05) is 52.0 Å². The summed E-state index contributed by atoms with van der Waals surface area (Å²) in [6, 6.07) is 13.5. The summed E-state index contributed by atoms with van der Waals surface area (Å²) in [4.78, 5) is 11.7. The van der Waals surface area contributed by atoms with Crippen LogP contribution in [-0.2, 0) is 14.1 Å². The molecule has 1 aliphatic rings. The average Bonchev–Trinajstić information content (AvgIpc) is 2.80. The fourth-order valence-corrected chi connectivity index (χ4v) is 3.07. The Morgan fingerprint density at radius 1 is 1.00 bits per heavy atom. The van der Waals surface area contributed by atoms with Crippen molar-refractivity contribution in [2.24, 2.45) is 0 Å². The van der Waals surface area contributed by atoms with Crippen LogP contribution in [0.5, 0.6) is 0 Å². The van der Waals surface area contributed by atoms with E-state index in [0.29, 0.717) is 5.56 Å². The molecule has 6 heteroatoms. The van der Waals surface area contributed by atoms with Gasteiger partial charge in [-0.1, -0.05) is 36.4 Å². The monoisotopic (exact) mass is 369 g/mol. The van der Waals surface area contributed by atoms with E-state index in [2.05, 4.69) is 5.32 Å². The smallest absolute Gasteiger partial charge is 0.399 e. The van der Waals surface area contributed by atoms with Crippen molar-refractivity contribution < 1.29 is 18.5 Å². The Balaban J connectivity index is 1.87. The molecule has 1 saturated heterocycles. The molecule has 0 radical (unpaired) electrons. The molecule has 27 heavy (non-hydrogen) atoms. The van der Waals surface area contributed by atoms with Crippen LogP contribution in [-0.4, -0.2) is 24.2 Å². The van der Waals surface area contributed by atoms with Gasteiger partial charge in [-0.15, -0.1) is 0 Å². The number of carbonyl (C=O) groups is 1. The van der Waals surface area contributed by atoms with Gasteiger partial charge in [0.05, 0.1) is 17.2 Å². The third-order valence-corrected chi connectivity index (χ3v) is 5.32. The SMILES string of the molecule is CC(=O)N[C@@H](c1ccc(B2OC(C)(C)C(C)(C)O2)cc1)c1cccc(F)c1. The van der Waals surface area contributed by atoms with E-state index in [1.165, 1.54) is 19.1 Å². The molecular weight excluding hydrogens is 344 g/mol. The van der Waals surface area contributed by atoms with Gasteiger partial charge in [-0.25, -0.2) is 4.39 Å². The molecule has 1 N–H and O–H groups in total. The Morgan fingerprint density at radius 2 is 1.59 bits per heavy atom. The maximum Gasteiger partial charge on any atom is 0.494 e. The molecule has 1 heterocycles. The highest BCUT2D eigenvalue weighted by atomic mass is 19.1. The van der Waals surface area contributed by atoms with E-state index in [0.717, 1.165) is 11.0 Å². The van der Waals surface area contributed by atoms with Crippen LogP contribution in [0.2, 0.25) is 0 Å². The molecule has 0 bridgehead atoms. The van der Waals surface area contributed by atoms with Crippen LogP contribution < -0.4 is 10.8 Å². The minimum atomic E-state index is -0.447. The third kappa shape index (κ3) is 4.07. The highest BCUT2D eigenvalue weighted by molar-refractivity contribution is 6.62. The molecular formula is C21H25BFNO3. The number of nitrogens with one attached hydrogen (secondary N) is 1. The molecule has 1 aliphatic heterocycles. The van der Waals surface area contributed by atoms with E-state index in [-0.39, 0.29) is 11.7 Å². The number of halogens is 1. The van der Waals surface area contributed by atoms with Crippen LogP contribution >= 0.6 is 0 Å². The van der Waals surface area contributed by atoms with Gasteiger partial charge in [-0.2, -0.15) is 0 Å². The maximum absolute atomic E-state index is 13.6. The van der Waals surface area contributed by atoms with Crippen molar-refractivity contribution in [3.05, 3.63) is 65.5 Å². The summed E-state index contributed by atoms with van der Waals surface area (Å²) in [7, 11) is -0.447. The lowest BCUT2D eigenvalue weighted by Crippen LogP contribution is -2.41. The van der Waals surface area contributed by atoms with Gasteiger partial charge in [0.1, 0.15) is 5.82 Å². The predicted octanol–water partition coefficient (Wildman–Crippen LogP) is 3.35. The quantitative estimate of drug-likeness (QED) is 0.841. The van der Waals surface area contributed by atoms with E-state index >= 15 is 0 Å². The number of amides is 1. The molecule has 2 aromatic rings. The molecule has 2 aromatic carbocycles. The second kappa shape index (κ2) is 7.10. The summed E-state index contributed by atoms with van der Waals surface area (Å²) in [5, 5.41) is 2.89. The Kier molecular flexibility index (Phi) is 5.15. The first-order valence-electron chi connectivity index (χ1n) is 9.07. The van der Waals surface area contributed by atoms with E-state index < -0.39 is 24.4 Å². The van der Waals surface area contributed by atoms with Crippen LogP contribution in [0.1, 0.15) is 51.8 Å². The molecule has 0 spiro atoms. The molecule has 0 aliphatic carbocycles. The largest absolute Gasteiger partial charge is 0.494 e. The third-order valence-electron chi connectivity index (χ3n) is 5.32. The Labute approximate surface area is 160 Å². The zero-order valence-corrected chi connectivity index (χ0v) is 16.4. The van der Waals surface area contributed by atoms with Crippen molar-refractivity contribution in [1.82, 2.24) is 5.32 Å². The Hall–Kier alpha value is -2.18. The molecule has 1 fully saturated rings. The number of benzene rings is 2. The fourth-order valence-electron chi connectivity index (χ4n) is 3.07. The first-order valence-corrected chi connectivity index (χ1v) is 9.07. The van der Waals surface area contributed by atoms with Gasteiger partial charge in [0.2, 0.25) is 5.91 Å². The van der Waals surface area contributed by atoms with Gasteiger partial charge in [0, 0.05) is 6.92 Å². The van der Waals surface area contributed by atoms with Crippen LogP contribution in [0.15, 0.2) is 48.5 Å². The molecule has 0 aromatic heterocycles. The molecule has 3 rings (SSSR count). The minimum absolute atomic E-state index is 0.181. The molecule has 0 unspecified atom stereocenters. The minimum Gasteiger partial charge on any atom is -0.399 e. The van der Waals surface area contributed by atoms with E-state index in [9.17, 15) is 9.18 Å². The van der Waals surface area contributed by atoms with Crippen LogP contribution in [0.25, 0.3) is 0 Å². The van der Waals surface area contributed by atoms with E-state index in [4.69, 9.17) is 9.31 Å². The first-order chi connectivity index (χ1) is 12.6. The number of rotatable bonds is 4. The number of hydrogen-bond acceptors (Lipinski definition) is 3. The predicted molar refractivity (Wildman–Crippen MR) is 104 cm³/mol. The standard InChI is InChI=1S/C21H25BFNO3/c1-14(25)24-19(16-7-6-8-18(23)13-16)15-9-11-17(12-10-15)22-26-20(2,3)21(4,5)27-22/h6-13,19H,1-5H3,(H,24,25)/t19-/m0/s1. The van der Waals surface area contributed by atoms with Gasteiger partial charge < -0.3 is 14.6 Å². The lowest BCUT2D eigenvalue weighted by molar-refractivity contribution is -0.119. The lowest BCUT2D eigenvalue weighted by atomic mass is 9.78. The van der Waals surface area contributed by atoms with Crippen molar-refractivity contribution in [3.63, 3.8) is 0 Å². The Bertz CT molecular complexity index is 820. The van der Waals surface area contributed by atoms with Crippen molar-refractivity contribution in [2.45, 2.75) is 51.9 Å². The second-order valence-corrected chi connectivity index (χ2v) is 7.94. The van der Waals surface area contributed by atoms with Crippen LogP contribution in [0.4, 0.5) is 4.39 Å². The summed E-state index contributed by atoms with van der Waals surface area (Å²) < 4.78 is 25.8. The zero-order valence-electron chi connectivity index (χ0n) is 16.4. The fraction of sp³-hybridized carbons (Fsp3) is 0.381. The highest BCUT2D eigenvalue weighted by Crippen LogP contribution is 2.36. The second-order valence-electron chi connectivity index (χ2n) is 7.94. The van der Waals surface area contributed by atoms with Crippen LogP contribution in [0, 0.1) is 5.82 Å².